The summed E-state index contributed by atoms with van der Waals surface area (Å²) in [5, 5.41) is 8.25. The zero-order valence-electron chi connectivity index (χ0n) is 12.8. The smallest absolute Gasteiger partial charge is 0.394 e. The Hall–Kier alpha value is -2.04. The van der Waals surface area contributed by atoms with E-state index in [0.29, 0.717) is 13.1 Å². The van der Waals surface area contributed by atoms with Gasteiger partial charge in [0.25, 0.3) is 0 Å². The molecule has 2 rings (SSSR count). The number of aliphatic carboxylic acids is 1. The standard InChI is InChI=1S/C10H15N.C6H9NO3/c1-3-8-6-5-7-9(4-2)10(8)11;8-5(6(9)10)7-3-1-2-4-7/h5-7H,3-4,11H2,1-2H3;1-4H2,(H,9,10). The number of benzene rings is 1. The molecule has 1 amide bonds. The Kier molecular flexibility index (Phi) is 6.72. The number of aryl methyl sites for hydroxylation is 2. The highest BCUT2D eigenvalue weighted by molar-refractivity contribution is 6.31. The largest absolute Gasteiger partial charge is 0.474 e. The molecule has 0 aliphatic carbocycles. The van der Waals surface area contributed by atoms with Crippen LogP contribution in [0.5, 0.6) is 0 Å². The second-order valence-electron chi connectivity index (χ2n) is 5.00. The second kappa shape index (κ2) is 8.29. The predicted octanol–water partition coefficient (Wildman–Crippen LogP) is 2.09. The number of hydrogen-bond donors (Lipinski definition) is 2. The normalized spacial score (nSPS) is 13.5. The summed E-state index contributed by atoms with van der Waals surface area (Å²) in [4.78, 5) is 22.1. The third-order valence-corrected chi connectivity index (χ3v) is 3.62. The zero-order valence-corrected chi connectivity index (χ0v) is 12.8. The lowest BCUT2D eigenvalue weighted by atomic mass is 10.0. The van der Waals surface area contributed by atoms with Crippen molar-refractivity contribution in [3.63, 3.8) is 0 Å². The molecule has 0 saturated carbocycles. The summed E-state index contributed by atoms with van der Waals surface area (Å²) in [6.07, 6.45) is 3.91. The van der Waals surface area contributed by atoms with Crippen molar-refractivity contribution in [2.45, 2.75) is 39.5 Å². The van der Waals surface area contributed by atoms with Crippen LogP contribution in [0, 0.1) is 0 Å². The number of carboxylic acid groups (broad SMARTS) is 1. The number of anilines is 1. The van der Waals surface area contributed by atoms with Crippen molar-refractivity contribution in [1.82, 2.24) is 4.90 Å². The van der Waals surface area contributed by atoms with E-state index >= 15 is 0 Å². The summed E-state index contributed by atoms with van der Waals surface area (Å²) < 4.78 is 0. The highest BCUT2D eigenvalue weighted by Crippen LogP contribution is 2.17. The molecule has 5 nitrogen and oxygen atoms in total. The third-order valence-electron chi connectivity index (χ3n) is 3.62. The first-order valence-corrected chi connectivity index (χ1v) is 7.39. The molecule has 1 fully saturated rings. The predicted molar refractivity (Wildman–Crippen MR) is 83.1 cm³/mol. The Morgan fingerprint density at radius 1 is 1.14 bits per heavy atom. The number of para-hydroxylation sites is 1. The third kappa shape index (κ3) is 4.77. The second-order valence-corrected chi connectivity index (χ2v) is 5.00. The van der Waals surface area contributed by atoms with Gasteiger partial charge in [-0.1, -0.05) is 32.0 Å². The number of carboxylic acids is 1. The Morgan fingerprint density at radius 2 is 1.62 bits per heavy atom. The molecule has 1 aromatic rings. The van der Waals surface area contributed by atoms with Crippen LogP contribution >= 0.6 is 0 Å². The van der Waals surface area contributed by atoms with Gasteiger partial charge in [0, 0.05) is 18.8 Å². The van der Waals surface area contributed by atoms with Crippen LogP contribution in [-0.2, 0) is 22.4 Å². The van der Waals surface area contributed by atoms with Crippen molar-refractivity contribution in [2.75, 3.05) is 18.8 Å². The summed E-state index contributed by atoms with van der Waals surface area (Å²) in [5.74, 6) is -2.11. The summed E-state index contributed by atoms with van der Waals surface area (Å²) in [5.41, 5.74) is 9.42. The van der Waals surface area contributed by atoms with E-state index in [0.717, 1.165) is 31.4 Å². The minimum absolute atomic E-state index is 0.602. The molecule has 0 spiro atoms. The average molecular weight is 292 g/mol. The topological polar surface area (TPSA) is 83.6 Å². The maximum absolute atomic E-state index is 10.7. The van der Waals surface area contributed by atoms with Crippen LogP contribution in [-0.4, -0.2) is 35.0 Å². The Labute approximate surface area is 125 Å². The molecule has 116 valence electrons. The number of carbonyl (C=O) groups is 2. The van der Waals surface area contributed by atoms with Gasteiger partial charge in [-0.2, -0.15) is 0 Å². The molecule has 1 aromatic carbocycles. The van der Waals surface area contributed by atoms with Crippen LogP contribution in [0.1, 0.15) is 37.8 Å². The van der Waals surface area contributed by atoms with Crippen molar-refractivity contribution < 1.29 is 14.7 Å². The molecular formula is C16H24N2O3. The molecular weight excluding hydrogens is 268 g/mol. The lowest BCUT2D eigenvalue weighted by molar-refractivity contribution is -0.155. The maximum atomic E-state index is 10.7. The highest BCUT2D eigenvalue weighted by atomic mass is 16.4. The molecule has 1 saturated heterocycles. The van der Waals surface area contributed by atoms with Crippen LogP contribution in [0.25, 0.3) is 0 Å². The first-order chi connectivity index (χ1) is 10.0. The number of amides is 1. The zero-order chi connectivity index (χ0) is 15.8. The average Bonchev–Trinajstić information content (AvgIpc) is 3.01. The van der Waals surface area contributed by atoms with Crippen LogP contribution in [0.3, 0.4) is 0 Å². The van der Waals surface area contributed by atoms with Crippen molar-refractivity contribution in [2.24, 2.45) is 0 Å². The van der Waals surface area contributed by atoms with E-state index in [1.54, 1.807) is 0 Å². The van der Waals surface area contributed by atoms with E-state index < -0.39 is 11.9 Å². The van der Waals surface area contributed by atoms with E-state index in [9.17, 15) is 9.59 Å². The summed E-state index contributed by atoms with van der Waals surface area (Å²) >= 11 is 0. The number of nitrogens with zero attached hydrogens (tertiary/aromatic N) is 1. The van der Waals surface area contributed by atoms with Gasteiger partial charge in [0.2, 0.25) is 0 Å². The van der Waals surface area contributed by atoms with Gasteiger partial charge in [-0.25, -0.2) is 4.79 Å². The molecule has 21 heavy (non-hydrogen) atoms. The van der Waals surface area contributed by atoms with E-state index in [1.807, 2.05) is 0 Å². The summed E-state index contributed by atoms with van der Waals surface area (Å²) in [7, 11) is 0. The molecule has 5 heteroatoms. The fraction of sp³-hybridized carbons (Fsp3) is 0.500. The van der Waals surface area contributed by atoms with Crippen LogP contribution in [0.4, 0.5) is 5.69 Å². The van der Waals surface area contributed by atoms with Gasteiger partial charge in [-0.15, -0.1) is 0 Å². The molecule has 0 atom stereocenters. The van der Waals surface area contributed by atoms with E-state index in [-0.39, 0.29) is 0 Å². The SMILES string of the molecule is CCc1cccc(CC)c1N.O=C(O)C(=O)N1CCCC1. The maximum Gasteiger partial charge on any atom is 0.394 e. The van der Waals surface area contributed by atoms with Gasteiger partial charge >= 0.3 is 11.9 Å². The van der Waals surface area contributed by atoms with E-state index in [1.165, 1.54) is 16.0 Å². The molecule has 1 aliphatic rings. The van der Waals surface area contributed by atoms with Crippen LogP contribution < -0.4 is 5.73 Å². The van der Waals surface area contributed by atoms with Crippen LogP contribution in [0.2, 0.25) is 0 Å². The lowest BCUT2D eigenvalue weighted by Gasteiger charge is -2.10. The fourth-order valence-electron chi connectivity index (χ4n) is 2.34. The molecule has 3 N–H and O–H groups in total. The van der Waals surface area contributed by atoms with Gasteiger partial charge in [0.05, 0.1) is 0 Å². The molecule has 0 radical (unpaired) electrons. The van der Waals surface area contributed by atoms with Crippen molar-refractivity contribution in [3.8, 4) is 0 Å². The number of nitrogen functional groups attached to an aromatic ring is 1. The van der Waals surface area contributed by atoms with Gasteiger partial charge in [0.15, 0.2) is 0 Å². The van der Waals surface area contributed by atoms with Crippen molar-refractivity contribution in [1.29, 1.82) is 0 Å². The number of carbonyl (C=O) groups excluding carboxylic acids is 1. The lowest BCUT2D eigenvalue weighted by Crippen LogP contribution is -2.33. The molecule has 1 aliphatic heterocycles. The first-order valence-electron chi connectivity index (χ1n) is 7.39. The van der Waals surface area contributed by atoms with Crippen molar-refractivity contribution >= 4 is 17.6 Å². The number of nitrogens with two attached hydrogens (primary N) is 1. The fourth-order valence-corrected chi connectivity index (χ4v) is 2.34. The van der Waals surface area contributed by atoms with Crippen LogP contribution in [0.15, 0.2) is 18.2 Å². The molecule has 0 aromatic heterocycles. The minimum Gasteiger partial charge on any atom is -0.474 e. The Bertz CT molecular complexity index is 472. The highest BCUT2D eigenvalue weighted by Gasteiger charge is 2.23. The Balaban J connectivity index is 0.000000211. The van der Waals surface area contributed by atoms with Gasteiger partial charge < -0.3 is 15.7 Å². The number of likely N-dealkylation sites (tertiary alicyclic amines) is 1. The molecule has 1 heterocycles. The number of rotatable bonds is 2. The quantitative estimate of drug-likeness (QED) is 0.646. The minimum atomic E-state index is -1.35. The molecule has 0 bridgehead atoms. The van der Waals surface area contributed by atoms with Gasteiger partial charge in [0.1, 0.15) is 0 Å². The van der Waals surface area contributed by atoms with Gasteiger partial charge in [-0.05, 0) is 36.8 Å². The summed E-state index contributed by atoms with van der Waals surface area (Å²) in [6.45, 7) is 5.46. The van der Waals surface area contributed by atoms with E-state index in [2.05, 4.69) is 32.0 Å². The summed E-state index contributed by atoms with van der Waals surface area (Å²) in [6, 6.07) is 6.26. The molecule has 0 unspecified atom stereocenters. The van der Waals surface area contributed by atoms with Crippen molar-refractivity contribution in [3.05, 3.63) is 29.3 Å². The first kappa shape index (κ1) is 17.0. The van der Waals surface area contributed by atoms with Gasteiger partial charge in [-0.3, -0.25) is 4.79 Å². The van der Waals surface area contributed by atoms with E-state index in [4.69, 9.17) is 10.8 Å². The Morgan fingerprint density at radius 3 is 2.00 bits per heavy atom. The monoisotopic (exact) mass is 292 g/mol. The number of hydrogen-bond acceptors (Lipinski definition) is 3.